The first-order valence-corrected chi connectivity index (χ1v) is 8.56. The van der Waals surface area contributed by atoms with E-state index in [2.05, 4.69) is 51.6 Å². The second kappa shape index (κ2) is 8.73. The van der Waals surface area contributed by atoms with Crippen LogP contribution in [0.4, 0.5) is 0 Å². The largest absolute Gasteiger partial charge is 0.357 e. The van der Waals surface area contributed by atoms with Gasteiger partial charge in [0, 0.05) is 44.4 Å². The van der Waals surface area contributed by atoms with Crippen LogP contribution in [0.3, 0.4) is 0 Å². The van der Waals surface area contributed by atoms with E-state index in [1.807, 2.05) is 41.4 Å². The Balaban J connectivity index is 1.65. The minimum atomic E-state index is 0.604. The molecule has 2 N–H and O–H groups in total. The van der Waals surface area contributed by atoms with E-state index < -0.39 is 0 Å². The summed E-state index contributed by atoms with van der Waals surface area (Å²) >= 11 is 0. The zero-order valence-corrected chi connectivity index (χ0v) is 14.5. The lowest BCUT2D eigenvalue weighted by molar-refractivity contribution is 0.665. The van der Waals surface area contributed by atoms with Gasteiger partial charge >= 0.3 is 0 Å². The highest BCUT2D eigenvalue weighted by molar-refractivity contribution is 5.79. The molecule has 0 saturated carbocycles. The molecule has 130 valence electrons. The first-order chi connectivity index (χ1) is 12.4. The zero-order chi connectivity index (χ0) is 17.3. The van der Waals surface area contributed by atoms with Crippen molar-refractivity contribution < 1.29 is 0 Å². The third-order valence-corrected chi connectivity index (χ3v) is 3.85. The van der Waals surface area contributed by atoms with Crippen molar-refractivity contribution in [2.45, 2.75) is 20.0 Å². The van der Waals surface area contributed by atoms with Crippen LogP contribution in [0.2, 0.25) is 0 Å². The number of hydrogen-bond donors (Lipinski definition) is 2. The Morgan fingerprint density at radius 3 is 2.68 bits per heavy atom. The van der Waals surface area contributed by atoms with Gasteiger partial charge in [0.1, 0.15) is 0 Å². The van der Waals surface area contributed by atoms with Gasteiger partial charge in [-0.25, -0.2) is 9.98 Å². The molecule has 6 nitrogen and oxygen atoms in total. The summed E-state index contributed by atoms with van der Waals surface area (Å²) in [6.07, 6.45) is 9.67. The van der Waals surface area contributed by atoms with Crippen LogP contribution in [0.5, 0.6) is 0 Å². The van der Waals surface area contributed by atoms with Gasteiger partial charge in [0.25, 0.3) is 0 Å². The van der Waals surface area contributed by atoms with Crippen molar-refractivity contribution in [2.75, 3.05) is 13.1 Å². The van der Waals surface area contributed by atoms with E-state index in [1.165, 1.54) is 0 Å². The molecule has 0 spiro atoms. The molecule has 0 unspecified atom stereocenters. The van der Waals surface area contributed by atoms with Crippen LogP contribution in [0.25, 0.3) is 5.69 Å². The molecule has 0 bridgehead atoms. The second-order valence-corrected chi connectivity index (χ2v) is 5.64. The van der Waals surface area contributed by atoms with Crippen LogP contribution in [-0.2, 0) is 13.1 Å². The molecule has 3 aromatic rings. The molecule has 0 fully saturated rings. The Morgan fingerprint density at radius 2 is 1.92 bits per heavy atom. The number of aromatic nitrogens is 3. The molecule has 0 amide bonds. The minimum Gasteiger partial charge on any atom is -0.357 e. The predicted octanol–water partition coefficient (Wildman–Crippen LogP) is 2.43. The molecule has 0 atom stereocenters. The highest BCUT2D eigenvalue weighted by Crippen LogP contribution is 2.14. The highest BCUT2D eigenvalue weighted by atomic mass is 15.2. The van der Waals surface area contributed by atoms with Gasteiger partial charge in [0.05, 0.1) is 18.6 Å². The van der Waals surface area contributed by atoms with E-state index in [9.17, 15) is 0 Å². The van der Waals surface area contributed by atoms with Crippen LogP contribution in [0.15, 0.2) is 72.5 Å². The lowest BCUT2D eigenvalue weighted by Gasteiger charge is -2.13. The molecule has 0 aliphatic rings. The minimum absolute atomic E-state index is 0.604. The monoisotopic (exact) mass is 336 g/mol. The Morgan fingerprint density at radius 1 is 1.08 bits per heavy atom. The van der Waals surface area contributed by atoms with E-state index in [1.54, 1.807) is 6.20 Å². The van der Waals surface area contributed by atoms with E-state index in [4.69, 9.17) is 4.99 Å². The van der Waals surface area contributed by atoms with E-state index >= 15 is 0 Å². The van der Waals surface area contributed by atoms with Crippen molar-refractivity contribution in [3.8, 4) is 5.69 Å². The van der Waals surface area contributed by atoms with Crippen molar-refractivity contribution in [2.24, 2.45) is 4.99 Å². The van der Waals surface area contributed by atoms with Gasteiger partial charge in [0.15, 0.2) is 5.96 Å². The summed E-state index contributed by atoms with van der Waals surface area (Å²) in [4.78, 5) is 8.85. The number of nitrogens with zero attached hydrogens (tertiary/aromatic N) is 4. The molecule has 25 heavy (non-hydrogen) atoms. The number of guanidine groups is 1. The van der Waals surface area contributed by atoms with Gasteiger partial charge in [-0.05, 0) is 30.7 Å². The fourth-order valence-corrected chi connectivity index (χ4v) is 2.63. The Bertz CT molecular complexity index is 774. The number of rotatable bonds is 7. The number of hydrogen-bond acceptors (Lipinski definition) is 2. The fraction of sp³-hybridized carbons (Fsp3) is 0.263. The highest BCUT2D eigenvalue weighted by Gasteiger charge is 2.04. The summed E-state index contributed by atoms with van der Waals surface area (Å²) in [5.74, 6) is 0.829. The average molecular weight is 336 g/mol. The second-order valence-electron chi connectivity index (χ2n) is 5.64. The summed E-state index contributed by atoms with van der Waals surface area (Å²) in [5.41, 5.74) is 2.26. The molecule has 0 radical (unpaired) electrons. The summed E-state index contributed by atoms with van der Waals surface area (Å²) in [7, 11) is 0. The van der Waals surface area contributed by atoms with Crippen LogP contribution in [0.1, 0.15) is 12.5 Å². The number of imidazole rings is 1. The number of nitrogens with one attached hydrogen (secondary N) is 2. The van der Waals surface area contributed by atoms with Crippen molar-refractivity contribution in [1.29, 1.82) is 0 Å². The third kappa shape index (κ3) is 4.73. The summed E-state index contributed by atoms with van der Waals surface area (Å²) in [6.45, 7) is 5.24. The summed E-state index contributed by atoms with van der Waals surface area (Å²) < 4.78 is 4.15. The van der Waals surface area contributed by atoms with Gasteiger partial charge in [-0.2, -0.15) is 0 Å². The van der Waals surface area contributed by atoms with Gasteiger partial charge in [-0.1, -0.05) is 18.2 Å². The summed E-state index contributed by atoms with van der Waals surface area (Å²) in [6, 6.07) is 12.3. The molecule has 2 heterocycles. The van der Waals surface area contributed by atoms with E-state index in [0.29, 0.717) is 6.54 Å². The molecule has 0 saturated heterocycles. The fourth-order valence-electron chi connectivity index (χ4n) is 2.63. The van der Waals surface area contributed by atoms with E-state index in [0.717, 1.165) is 36.8 Å². The number of benzene rings is 1. The maximum absolute atomic E-state index is 4.72. The summed E-state index contributed by atoms with van der Waals surface area (Å²) in [5, 5.41) is 6.68. The molecule has 1 aromatic carbocycles. The van der Waals surface area contributed by atoms with Crippen molar-refractivity contribution in [3.05, 3.63) is 73.1 Å². The molecule has 0 aliphatic carbocycles. The molecule has 3 rings (SSSR count). The van der Waals surface area contributed by atoms with Crippen LogP contribution in [-0.4, -0.2) is 33.2 Å². The average Bonchev–Trinajstić information content (AvgIpc) is 3.34. The smallest absolute Gasteiger partial charge is 0.191 e. The normalized spacial score (nSPS) is 11.5. The van der Waals surface area contributed by atoms with Gasteiger partial charge < -0.3 is 19.8 Å². The van der Waals surface area contributed by atoms with Crippen molar-refractivity contribution in [3.63, 3.8) is 0 Å². The lowest BCUT2D eigenvalue weighted by Crippen LogP contribution is -2.38. The first-order valence-electron chi connectivity index (χ1n) is 8.56. The van der Waals surface area contributed by atoms with Gasteiger partial charge in [0.2, 0.25) is 0 Å². The molecular weight excluding hydrogens is 312 g/mol. The maximum Gasteiger partial charge on any atom is 0.191 e. The topological polar surface area (TPSA) is 59.2 Å². The molecular formula is C19H24N6. The van der Waals surface area contributed by atoms with Gasteiger partial charge in [-0.15, -0.1) is 0 Å². The van der Waals surface area contributed by atoms with Crippen molar-refractivity contribution in [1.82, 2.24) is 24.8 Å². The Labute approximate surface area is 148 Å². The number of para-hydroxylation sites is 1. The SMILES string of the molecule is CCNC(=NCc1ccccc1-n1ccnc1)NCCn1cccc1. The number of aliphatic imine (C=N–C) groups is 1. The Hall–Kier alpha value is -3.02. The van der Waals surface area contributed by atoms with Crippen LogP contribution in [0, 0.1) is 0 Å². The Kier molecular flexibility index (Phi) is 5.87. The van der Waals surface area contributed by atoms with Crippen LogP contribution >= 0.6 is 0 Å². The molecule has 6 heteroatoms. The van der Waals surface area contributed by atoms with Crippen LogP contribution < -0.4 is 10.6 Å². The quantitative estimate of drug-likeness (QED) is 0.515. The lowest BCUT2D eigenvalue weighted by atomic mass is 10.2. The zero-order valence-electron chi connectivity index (χ0n) is 14.5. The third-order valence-electron chi connectivity index (χ3n) is 3.85. The molecule has 0 aliphatic heterocycles. The maximum atomic E-state index is 4.72. The first kappa shape index (κ1) is 16.8. The predicted molar refractivity (Wildman–Crippen MR) is 101 cm³/mol. The molecule has 2 aromatic heterocycles. The standard InChI is InChI=1S/C19H24N6/c1-2-21-19(22-10-13-24-11-5-6-12-24)23-15-17-7-3-4-8-18(17)25-14-9-20-16-25/h3-9,11-12,14,16H,2,10,13,15H2,1H3,(H2,21,22,23). The van der Waals surface area contributed by atoms with Crippen molar-refractivity contribution >= 4 is 5.96 Å². The van der Waals surface area contributed by atoms with Gasteiger partial charge in [-0.3, -0.25) is 0 Å². The van der Waals surface area contributed by atoms with E-state index in [-0.39, 0.29) is 0 Å².